The van der Waals surface area contributed by atoms with Crippen LogP contribution in [0.25, 0.3) is 0 Å². The molecule has 0 radical (unpaired) electrons. The number of nitrogens with one attached hydrogen (secondary N) is 1. The van der Waals surface area contributed by atoms with E-state index in [1.54, 1.807) is 12.1 Å². The van der Waals surface area contributed by atoms with E-state index in [2.05, 4.69) is 0 Å². The van der Waals surface area contributed by atoms with E-state index in [0.717, 1.165) is 16.7 Å². The van der Waals surface area contributed by atoms with Crippen molar-refractivity contribution in [2.45, 2.75) is 24.0 Å². The first-order valence-corrected chi connectivity index (χ1v) is 10.6. The lowest BCUT2D eigenvalue weighted by molar-refractivity contribution is -0.143. The zero-order valence-electron chi connectivity index (χ0n) is 17.3. The second-order valence-corrected chi connectivity index (χ2v) is 8.30. The minimum Gasteiger partial charge on any atom is -0.497 e. The van der Waals surface area contributed by atoms with Crippen LogP contribution in [0.4, 0.5) is 37.7 Å². The lowest BCUT2D eigenvalue weighted by Gasteiger charge is -2.16. The Hall–Kier alpha value is -3.22. The van der Waals surface area contributed by atoms with Crippen LogP contribution in [0.3, 0.4) is 0 Å². The SMILES string of the molecule is COc1ccc(N2C(=O)C[C@@H](SCC(=O)Nc3cc(C(F)(F)F)cc(C(F)(F)F)c3)C2=O)cc1. The third-order valence-electron chi connectivity index (χ3n) is 4.72. The van der Waals surface area contributed by atoms with Gasteiger partial charge in [0.05, 0.1) is 34.9 Å². The molecule has 1 fully saturated rings. The average molecular weight is 506 g/mol. The van der Waals surface area contributed by atoms with Crippen LogP contribution >= 0.6 is 11.8 Å². The van der Waals surface area contributed by atoms with Gasteiger partial charge in [0.1, 0.15) is 5.75 Å². The summed E-state index contributed by atoms with van der Waals surface area (Å²) in [6, 6.07) is 6.81. The van der Waals surface area contributed by atoms with Gasteiger partial charge in [-0.05, 0) is 42.5 Å². The number of carbonyl (C=O) groups is 3. The summed E-state index contributed by atoms with van der Waals surface area (Å²) >= 11 is 0.756. The molecule has 2 aromatic carbocycles. The average Bonchev–Trinajstić information content (AvgIpc) is 3.04. The number of thioether (sulfide) groups is 1. The number of ether oxygens (including phenoxy) is 1. The normalized spacial score (nSPS) is 16.7. The van der Waals surface area contributed by atoms with Crippen LogP contribution in [-0.4, -0.2) is 35.8 Å². The van der Waals surface area contributed by atoms with E-state index in [1.165, 1.54) is 19.2 Å². The van der Waals surface area contributed by atoms with Crippen molar-refractivity contribution in [2.75, 3.05) is 23.1 Å². The van der Waals surface area contributed by atoms with Crippen LogP contribution in [0, 0.1) is 0 Å². The summed E-state index contributed by atoms with van der Waals surface area (Å²) in [6.07, 6.45) is -10.3. The van der Waals surface area contributed by atoms with Gasteiger partial charge in [-0.1, -0.05) is 0 Å². The Labute approximate surface area is 193 Å². The van der Waals surface area contributed by atoms with Crippen molar-refractivity contribution in [1.82, 2.24) is 0 Å². The second kappa shape index (κ2) is 9.57. The van der Waals surface area contributed by atoms with Crippen LogP contribution in [0.2, 0.25) is 0 Å². The van der Waals surface area contributed by atoms with Crippen LogP contribution < -0.4 is 15.0 Å². The second-order valence-electron chi connectivity index (χ2n) is 7.11. The summed E-state index contributed by atoms with van der Waals surface area (Å²) in [5.41, 5.74) is -3.54. The highest BCUT2D eigenvalue weighted by Gasteiger charge is 2.40. The van der Waals surface area contributed by atoms with E-state index in [4.69, 9.17) is 4.74 Å². The van der Waals surface area contributed by atoms with Gasteiger partial charge in [-0.3, -0.25) is 14.4 Å². The Morgan fingerprint density at radius 1 is 1.03 bits per heavy atom. The molecule has 0 unspecified atom stereocenters. The number of alkyl halides is 6. The fraction of sp³-hybridized carbons (Fsp3) is 0.286. The molecule has 34 heavy (non-hydrogen) atoms. The summed E-state index contributed by atoms with van der Waals surface area (Å²) in [4.78, 5) is 38.0. The largest absolute Gasteiger partial charge is 0.497 e. The van der Waals surface area contributed by atoms with Gasteiger partial charge in [0.15, 0.2) is 0 Å². The van der Waals surface area contributed by atoms with E-state index < -0.39 is 57.9 Å². The van der Waals surface area contributed by atoms with Gasteiger partial charge in [0, 0.05) is 12.1 Å². The van der Waals surface area contributed by atoms with Crippen LogP contribution in [0.1, 0.15) is 17.5 Å². The van der Waals surface area contributed by atoms with Gasteiger partial charge < -0.3 is 10.1 Å². The Kier molecular flexibility index (Phi) is 7.15. The van der Waals surface area contributed by atoms with Gasteiger partial charge in [0.2, 0.25) is 17.7 Å². The molecule has 0 saturated carbocycles. The number of nitrogens with zero attached hydrogens (tertiary/aromatic N) is 1. The molecule has 0 aromatic heterocycles. The van der Waals surface area contributed by atoms with Crippen molar-refractivity contribution in [3.63, 3.8) is 0 Å². The molecule has 13 heteroatoms. The number of halogens is 6. The molecule has 3 rings (SSSR count). The number of hydrogen-bond donors (Lipinski definition) is 1. The number of amides is 3. The molecule has 1 aliphatic rings. The maximum atomic E-state index is 13.0. The van der Waals surface area contributed by atoms with Crippen molar-refractivity contribution in [3.05, 3.63) is 53.6 Å². The standard InChI is InChI=1S/C21H16F6N2O4S/c1-33-15-4-2-14(3-5-15)29-18(31)9-16(19(29)32)34-10-17(30)28-13-7-11(20(22,23)24)6-12(8-13)21(25,26)27/h2-8,16H,9-10H2,1H3,(H,28,30)/t16-/m1/s1. The Morgan fingerprint density at radius 2 is 1.59 bits per heavy atom. The summed E-state index contributed by atoms with van der Waals surface area (Å²) < 4.78 is 82.8. The van der Waals surface area contributed by atoms with Gasteiger partial charge in [0.25, 0.3) is 0 Å². The van der Waals surface area contributed by atoms with Crippen LogP contribution in [0.5, 0.6) is 5.75 Å². The van der Waals surface area contributed by atoms with E-state index in [0.29, 0.717) is 23.6 Å². The van der Waals surface area contributed by atoms with Crippen LogP contribution in [0.15, 0.2) is 42.5 Å². The monoisotopic (exact) mass is 506 g/mol. The molecule has 1 aliphatic heterocycles. The molecule has 1 atom stereocenters. The fourth-order valence-electron chi connectivity index (χ4n) is 3.14. The van der Waals surface area contributed by atoms with Gasteiger partial charge in [-0.25, -0.2) is 4.90 Å². The highest BCUT2D eigenvalue weighted by atomic mass is 32.2. The molecule has 3 amide bonds. The topological polar surface area (TPSA) is 75.7 Å². The molecule has 182 valence electrons. The highest BCUT2D eigenvalue weighted by Crippen LogP contribution is 2.38. The first-order chi connectivity index (χ1) is 15.8. The van der Waals surface area contributed by atoms with Crippen molar-refractivity contribution < 1.29 is 45.5 Å². The van der Waals surface area contributed by atoms with E-state index in [9.17, 15) is 40.7 Å². The number of rotatable bonds is 6. The van der Waals surface area contributed by atoms with E-state index in [1.807, 2.05) is 5.32 Å². The first-order valence-electron chi connectivity index (χ1n) is 9.51. The minimum atomic E-state index is -5.06. The van der Waals surface area contributed by atoms with E-state index in [-0.39, 0.29) is 12.5 Å². The van der Waals surface area contributed by atoms with Crippen molar-refractivity contribution in [1.29, 1.82) is 0 Å². The van der Waals surface area contributed by atoms with Crippen molar-refractivity contribution in [2.24, 2.45) is 0 Å². The zero-order chi connectivity index (χ0) is 25.3. The lowest BCUT2D eigenvalue weighted by Crippen LogP contribution is -2.31. The molecule has 1 heterocycles. The number of anilines is 2. The smallest absolute Gasteiger partial charge is 0.416 e. The summed E-state index contributed by atoms with van der Waals surface area (Å²) in [6.45, 7) is 0. The predicted octanol–water partition coefficient (Wildman–Crippen LogP) is 4.74. The summed E-state index contributed by atoms with van der Waals surface area (Å²) in [5.74, 6) is -2.00. The van der Waals surface area contributed by atoms with Gasteiger partial charge >= 0.3 is 12.4 Å². The summed E-state index contributed by atoms with van der Waals surface area (Å²) in [7, 11) is 1.45. The first kappa shape index (κ1) is 25.4. The molecule has 6 nitrogen and oxygen atoms in total. The molecular weight excluding hydrogens is 490 g/mol. The number of benzene rings is 2. The van der Waals surface area contributed by atoms with Crippen molar-refractivity contribution >= 4 is 40.9 Å². The molecule has 1 saturated heterocycles. The minimum absolute atomic E-state index is 0.0546. The molecule has 0 aliphatic carbocycles. The Morgan fingerprint density at radius 3 is 2.09 bits per heavy atom. The lowest BCUT2D eigenvalue weighted by atomic mass is 10.1. The Bertz CT molecular complexity index is 1070. The van der Waals surface area contributed by atoms with Crippen molar-refractivity contribution in [3.8, 4) is 5.75 Å². The zero-order valence-corrected chi connectivity index (χ0v) is 18.1. The molecule has 1 N–H and O–H groups in total. The van der Waals surface area contributed by atoms with E-state index >= 15 is 0 Å². The molecule has 0 bridgehead atoms. The number of methoxy groups -OCH3 is 1. The third kappa shape index (κ3) is 5.82. The molecule has 2 aromatic rings. The van der Waals surface area contributed by atoms with Crippen LogP contribution in [-0.2, 0) is 26.7 Å². The maximum absolute atomic E-state index is 13.0. The van der Waals surface area contributed by atoms with Gasteiger partial charge in [-0.2, -0.15) is 26.3 Å². The maximum Gasteiger partial charge on any atom is 0.416 e. The molecule has 0 spiro atoms. The highest BCUT2D eigenvalue weighted by molar-refractivity contribution is 8.01. The third-order valence-corrected chi connectivity index (χ3v) is 5.92. The molecular formula is C21H16F6N2O4S. The summed E-state index contributed by atoms with van der Waals surface area (Å²) in [5, 5.41) is 1.05. The quantitative estimate of drug-likeness (QED) is 0.453. The number of imide groups is 1. The number of carbonyl (C=O) groups excluding carboxylic acids is 3. The number of hydrogen-bond acceptors (Lipinski definition) is 5. The Balaban J connectivity index is 1.67. The fourth-order valence-corrected chi connectivity index (χ4v) is 4.07. The predicted molar refractivity (Wildman–Crippen MR) is 111 cm³/mol. The van der Waals surface area contributed by atoms with Gasteiger partial charge in [-0.15, -0.1) is 11.8 Å².